The lowest BCUT2D eigenvalue weighted by Crippen LogP contribution is -2.01. The Labute approximate surface area is 374 Å². The first kappa shape index (κ1) is 35.6. The third-order valence-corrected chi connectivity index (χ3v) is 15.1. The molecule has 0 aliphatic heterocycles. The van der Waals surface area contributed by atoms with Gasteiger partial charge in [-0.3, -0.25) is 0 Å². The molecule has 5 aromatic heterocycles. The molecule has 0 fully saturated rings. The van der Waals surface area contributed by atoms with E-state index in [1.54, 1.807) is 22.7 Å². The molecule has 0 saturated carbocycles. The van der Waals surface area contributed by atoms with E-state index in [-0.39, 0.29) is 0 Å². The molecule has 5 nitrogen and oxygen atoms in total. The summed E-state index contributed by atoms with van der Waals surface area (Å²) in [5, 5.41) is 9.70. The lowest BCUT2D eigenvalue weighted by molar-refractivity contribution is 1.08. The summed E-state index contributed by atoms with van der Waals surface area (Å²) in [4.78, 5) is 16.0. The van der Waals surface area contributed by atoms with Gasteiger partial charge >= 0.3 is 0 Å². The second kappa shape index (κ2) is 13.8. The average Bonchev–Trinajstić information content (AvgIpc) is 4.12. The number of aromatic nitrogens is 5. The Morgan fingerprint density at radius 1 is 0.297 bits per heavy atom. The largest absolute Gasteiger partial charge is 0.309 e. The van der Waals surface area contributed by atoms with E-state index in [4.69, 9.17) is 15.0 Å². The monoisotopic (exact) mass is 851 g/mol. The van der Waals surface area contributed by atoms with Crippen molar-refractivity contribution in [3.8, 4) is 45.5 Å². The first-order valence-electron chi connectivity index (χ1n) is 21.4. The predicted octanol–water partition coefficient (Wildman–Crippen LogP) is 15.8. The van der Waals surface area contributed by atoms with Crippen LogP contribution in [0.25, 0.3) is 129 Å². The smallest absolute Gasteiger partial charge is 0.164 e. The minimum absolute atomic E-state index is 0.635. The van der Waals surface area contributed by atoms with E-state index in [1.807, 2.05) is 0 Å². The molecule has 14 aromatic rings. The molecule has 0 radical (unpaired) electrons. The summed E-state index contributed by atoms with van der Waals surface area (Å²) in [5.41, 5.74) is 9.85. The molecule has 14 rings (SSSR count). The van der Waals surface area contributed by atoms with Crippen molar-refractivity contribution in [1.82, 2.24) is 24.1 Å². The molecule has 0 amide bonds. The van der Waals surface area contributed by atoms with Crippen molar-refractivity contribution in [2.45, 2.75) is 0 Å². The highest BCUT2D eigenvalue weighted by Gasteiger charge is 2.22. The molecule has 64 heavy (non-hydrogen) atoms. The van der Waals surface area contributed by atoms with Crippen molar-refractivity contribution in [1.29, 1.82) is 0 Å². The Balaban J connectivity index is 0.985. The van der Waals surface area contributed by atoms with Crippen molar-refractivity contribution in [2.24, 2.45) is 0 Å². The summed E-state index contributed by atoms with van der Waals surface area (Å²) in [5.74, 6) is 1.96. The quantitative estimate of drug-likeness (QED) is 0.173. The van der Waals surface area contributed by atoms with Gasteiger partial charge in [0.15, 0.2) is 17.5 Å². The Morgan fingerprint density at radius 3 is 1.44 bits per heavy atom. The molecular formula is C57H33N5S2. The van der Waals surface area contributed by atoms with Crippen molar-refractivity contribution < 1.29 is 0 Å². The summed E-state index contributed by atoms with van der Waals surface area (Å²) < 4.78 is 9.75. The normalized spacial score (nSPS) is 12.1. The number of para-hydroxylation sites is 3. The van der Waals surface area contributed by atoms with Gasteiger partial charge in [0.1, 0.15) is 0 Å². The van der Waals surface area contributed by atoms with E-state index in [0.29, 0.717) is 17.5 Å². The first-order valence-corrected chi connectivity index (χ1v) is 23.1. The SMILES string of the molecule is c1ccc(-n2c3ccccc3c3ccc4c(c5ccccc5n4-c4ccc(-c5nc(-c6cccc7sc8ccccc8c67)nc(-c6cccc7sc8ccccc8c67)n5)cc4)c32)cc1. The zero-order valence-corrected chi connectivity index (χ0v) is 35.7. The number of benzene rings is 9. The lowest BCUT2D eigenvalue weighted by Gasteiger charge is -2.12. The molecular weight excluding hydrogens is 819 g/mol. The van der Waals surface area contributed by atoms with Gasteiger partial charge in [-0.05, 0) is 78.9 Å². The van der Waals surface area contributed by atoms with E-state index in [0.717, 1.165) is 39.1 Å². The Bertz CT molecular complexity index is 4060. The minimum atomic E-state index is 0.635. The number of hydrogen-bond acceptors (Lipinski definition) is 5. The molecule has 7 heteroatoms. The van der Waals surface area contributed by atoms with Crippen LogP contribution in [-0.4, -0.2) is 24.1 Å². The topological polar surface area (TPSA) is 48.5 Å². The predicted molar refractivity (Wildman–Crippen MR) is 271 cm³/mol. The van der Waals surface area contributed by atoms with Crippen LogP contribution in [-0.2, 0) is 0 Å². The van der Waals surface area contributed by atoms with Gasteiger partial charge in [0.05, 0.1) is 22.1 Å². The van der Waals surface area contributed by atoms with Crippen LogP contribution >= 0.6 is 22.7 Å². The highest BCUT2D eigenvalue weighted by molar-refractivity contribution is 7.26. The maximum atomic E-state index is 5.35. The standard InChI is InChI=1S/C57H33N5S2/c1-2-14-35(15-3-1)62-44-22-8-4-16-37(44)38-32-33-46-53(54(38)62)39-17-5-9-23-45(39)61(46)36-30-28-34(29-31-36)55-58-56(42-20-12-26-49-51(42)40-18-6-10-24-47(40)63-49)60-57(59-55)43-21-13-27-50-52(43)41-19-7-11-25-48(41)64-50/h1-33H. The van der Waals surface area contributed by atoms with Gasteiger partial charge in [-0.2, -0.15) is 0 Å². The maximum absolute atomic E-state index is 5.35. The maximum Gasteiger partial charge on any atom is 0.164 e. The first-order chi connectivity index (χ1) is 31.7. The van der Waals surface area contributed by atoms with Crippen molar-refractivity contribution in [3.05, 3.63) is 200 Å². The lowest BCUT2D eigenvalue weighted by atomic mass is 10.0. The molecule has 0 aliphatic rings. The molecule has 0 bridgehead atoms. The molecule has 0 spiro atoms. The molecule has 0 atom stereocenters. The van der Waals surface area contributed by atoms with Gasteiger partial charge in [-0.15, -0.1) is 22.7 Å². The van der Waals surface area contributed by atoms with Crippen LogP contribution in [0.15, 0.2) is 200 Å². The molecule has 0 N–H and O–H groups in total. The van der Waals surface area contributed by atoms with Gasteiger partial charge in [-0.1, -0.05) is 121 Å². The number of nitrogens with zero attached hydrogens (tertiary/aromatic N) is 5. The van der Waals surface area contributed by atoms with Gasteiger partial charge in [0.2, 0.25) is 0 Å². The highest BCUT2D eigenvalue weighted by atomic mass is 32.1. The molecule has 0 aliphatic carbocycles. The summed E-state index contributed by atoms with van der Waals surface area (Å²) in [7, 11) is 0. The number of rotatable bonds is 5. The third kappa shape index (κ3) is 5.19. The van der Waals surface area contributed by atoms with Gasteiger partial charge in [0, 0.05) is 90.0 Å². The summed E-state index contributed by atoms with van der Waals surface area (Å²) in [6.45, 7) is 0. The zero-order valence-electron chi connectivity index (χ0n) is 34.1. The van der Waals surface area contributed by atoms with Gasteiger partial charge < -0.3 is 9.13 Å². The fraction of sp³-hybridized carbons (Fsp3) is 0. The third-order valence-electron chi connectivity index (χ3n) is 12.8. The highest BCUT2D eigenvalue weighted by Crippen LogP contribution is 2.44. The second-order valence-electron chi connectivity index (χ2n) is 16.3. The van der Waals surface area contributed by atoms with Crippen LogP contribution in [0.4, 0.5) is 0 Å². The van der Waals surface area contributed by atoms with Crippen LogP contribution in [0, 0.1) is 0 Å². The number of hydrogen-bond donors (Lipinski definition) is 0. The molecule has 5 heterocycles. The Morgan fingerprint density at radius 2 is 0.797 bits per heavy atom. The fourth-order valence-electron chi connectivity index (χ4n) is 10.1. The van der Waals surface area contributed by atoms with E-state index in [9.17, 15) is 0 Å². The van der Waals surface area contributed by atoms with Crippen LogP contribution in [0.2, 0.25) is 0 Å². The van der Waals surface area contributed by atoms with Crippen molar-refractivity contribution in [2.75, 3.05) is 0 Å². The van der Waals surface area contributed by atoms with Gasteiger partial charge in [-0.25, -0.2) is 15.0 Å². The van der Waals surface area contributed by atoms with E-state index in [2.05, 4.69) is 209 Å². The van der Waals surface area contributed by atoms with E-state index >= 15 is 0 Å². The minimum Gasteiger partial charge on any atom is -0.309 e. The van der Waals surface area contributed by atoms with Crippen molar-refractivity contribution >= 4 is 107 Å². The van der Waals surface area contributed by atoms with Crippen LogP contribution < -0.4 is 0 Å². The Hall–Kier alpha value is -7.97. The fourth-order valence-corrected chi connectivity index (χ4v) is 12.3. The van der Waals surface area contributed by atoms with E-state index < -0.39 is 0 Å². The molecule has 0 saturated heterocycles. The van der Waals surface area contributed by atoms with Crippen LogP contribution in [0.5, 0.6) is 0 Å². The summed E-state index contributed by atoms with van der Waals surface area (Å²) in [6, 6.07) is 71.8. The van der Waals surface area contributed by atoms with Crippen molar-refractivity contribution in [3.63, 3.8) is 0 Å². The number of fused-ring (bicyclic) bond motifs is 13. The Kier molecular flexibility index (Phi) is 7.66. The second-order valence-corrected chi connectivity index (χ2v) is 18.5. The summed E-state index contributed by atoms with van der Waals surface area (Å²) in [6.07, 6.45) is 0. The number of thiophene rings is 2. The molecule has 0 unspecified atom stereocenters. The summed E-state index contributed by atoms with van der Waals surface area (Å²) >= 11 is 3.61. The molecule has 298 valence electrons. The van der Waals surface area contributed by atoms with Crippen LogP contribution in [0.1, 0.15) is 0 Å². The average molecular weight is 852 g/mol. The van der Waals surface area contributed by atoms with Crippen LogP contribution in [0.3, 0.4) is 0 Å². The zero-order chi connectivity index (χ0) is 41.9. The molecule has 9 aromatic carbocycles. The van der Waals surface area contributed by atoms with Gasteiger partial charge in [0.25, 0.3) is 0 Å². The van der Waals surface area contributed by atoms with E-state index in [1.165, 1.54) is 72.9 Å².